The third kappa shape index (κ3) is 4.30. The molecule has 0 saturated heterocycles. The van der Waals surface area contributed by atoms with E-state index >= 15 is 0 Å². The van der Waals surface area contributed by atoms with E-state index < -0.39 is 0 Å². The molecule has 0 fully saturated rings. The Morgan fingerprint density at radius 2 is 1.67 bits per heavy atom. The minimum Gasteiger partial charge on any atom is -0.377 e. The Kier molecular flexibility index (Phi) is 5.85. The number of nitrogens with zero attached hydrogens (tertiary/aromatic N) is 4. The first-order valence-corrected chi connectivity index (χ1v) is 11.9. The third-order valence-electron chi connectivity index (χ3n) is 6.09. The van der Waals surface area contributed by atoms with Crippen molar-refractivity contribution in [1.29, 1.82) is 0 Å². The van der Waals surface area contributed by atoms with Gasteiger partial charge in [-0.05, 0) is 42.7 Å². The van der Waals surface area contributed by atoms with Crippen molar-refractivity contribution < 1.29 is 4.74 Å². The number of aromatic amines is 1. The van der Waals surface area contributed by atoms with Gasteiger partial charge in [-0.1, -0.05) is 54.6 Å². The Bertz CT molecular complexity index is 1730. The van der Waals surface area contributed by atoms with Gasteiger partial charge in [-0.3, -0.25) is 9.89 Å². The number of H-pyrrole nitrogens is 1. The van der Waals surface area contributed by atoms with Crippen molar-refractivity contribution in [1.82, 2.24) is 24.6 Å². The minimum absolute atomic E-state index is 0.137. The fourth-order valence-corrected chi connectivity index (χ4v) is 4.34. The quantitative estimate of drug-likeness (QED) is 0.182. The summed E-state index contributed by atoms with van der Waals surface area (Å²) in [6.07, 6.45) is 1.70. The highest BCUT2D eigenvalue weighted by Crippen LogP contribution is 2.25. The number of nitrogens with one attached hydrogen (secondary N) is 2. The summed E-state index contributed by atoms with van der Waals surface area (Å²) in [5.41, 5.74) is 3.39. The molecular formula is C28H24N6O2. The predicted octanol–water partition coefficient (Wildman–Crippen LogP) is 5.01. The van der Waals surface area contributed by atoms with Crippen LogP contribution in [0.4, 0.5) is 11.6 Å². The lowest BCUT2D eigenvalue weighted by atomic mass is 10.2. The first-order chi connectivity index (χ1) is 17.8. The number of aromatic nitrogens is 5. The lowest BCUT2D eigenvalue weighted by Gasteiger charge is -2.11. The molecule has 3 heterocycles. The number of ether oxygens (including phenoxy) is 1. The summed E-state index contributed by atoms with van der Waals surface area (Å²) in [6.45, 7) is 1.28. The van der Waals surface area contributed by atoms with Gasteiger partial charge in [0.05, 0.1) is 23.0 Å². The molecule has 0 atom stereocenters. The van der Waals surface area contributed by atoms with Crippen molar-refractivity contribution in [3.63, 3.8) is 0 Å². The lowest BCUT2D eigenvalue weighted by molar-refractivity contribution is 0.118. The Morgan fingerprint density at radius 1 is 0.889 bits per heavy atom. The number of para-hydroxylation sites is 2. The van der Waals surface area contributed by atoms with Crippen molar-refractivity contribution >= 4 is 39.2 Å². The molecule has 2 N–H and O–H groups in total. The summed E-state index contributed by atoms with van der Waals surface area (Å²) in [5, 5.41) is 12.2. The molecular weight excluding hydrogens is 452 g/mol. The van der Waals surface area contributed by atoms with E-state index in [0.717, 1.165) is 29.4 Å². The first kappa shape index (κ1) is 21.9. The molecule has 0 aliphatic rings. The smallest absolute Gasteiger partial charge is 0.267 e. The predicted molar refractivity (Wildman–Crippen MR) is 141 cm³/mol. The van der Waals surface area contributed by atoms with E-state index in [9.17, 15) is 4.79 Å². The molecule has 0 saturated carbocycles. The van der Waals surface area contributed by atoms with E-state index in [4.69, 9.17) is 9.72 Å². The number of hydrogen-bond donors (Lipinski definition) is 2. The van der Waals surface area contributed by atoms with E-state index in [2.05, 4.69) is 32.6 Å². The molecule has 0 unspecified atom stereocenters. The van der Waals surface area contributed by atoms with Gasteiger partial charge in [0.1, 0.15) is 5.82 Å². The first-order valence-electron chi connectivity index (χ1n) is 11.9. The maximum Gasteiger partial charge on any atom is 0.267 e. The van der Waals surface area contributed by atoms with Gasteiger partial charge in [0.15, 0.2) is 5.82 Å². The van der Waals surface area contributed by atoms with Crippen LogP contribution in [0.5, 0.6) is 0 Å². The standard InChI is InChI=1S/C28H24N6O2/c35-27-21-12-4-6-14-23(21)29-28-31-26(22-13-5-7-15-24(22)34(27)28)30-25-17-20(32-33-25)11-8-16-36-18-19-9-2-1-3-10-19/h1-7,9-10,12-15,17H,8,11,16,18H2,(H2,29,30,31,32,33). The summed E-state index contributed by atoms with van der Waals surface area (Å²) >= 11 is 0. The zero-order valence-electron chi connectivity index (χ0n) is 19.5. The Hall–Kier alpha value is -4.56. The molecule has 8 nitrogen and oxygen atoms in total. The molecule has 0 bridgehead atoms. The third-order valence-corrected chi connectivity index (χ3v) is 6.09. The van der Waals surface area contributed by atoms with E-state index in [-0.39, 0.29) is 5.56 Å². The lowest BCUT2D eigenvalue weighted by Crippen LogP contribution is -2.18. The van der Waals surface area contributed by atoms with Crippen LogP contribution in [-0.4, -0.2) is 31.2 Å². The van der Waals surface area contributed by atoms with E-state index in [1.54, 1.807) is 10.5 Å². The molecule has 0 amide bonds. The van der Waals surface area contributed by atoms with Gasteiger partial charge in [-0.2, -0.15) is 10.1 Å². The highest BCUT2D eigenvalue weighted by Gasteiger charge is 2.14. The highest BCUT2D eigenvalue weighted by molar-refractivity contribution is 5.93. The Labute approximate surface area is 206 Å². The van der Waals surface area contributed by atoms with Crippen molar-refractivity contribution in [2.24, 2.45) is 0 Å². The number of aryl methyl sites for hydroxylation is 1. The molecule has 36 heavy (non-hydrogen) atoms. The molecule has 0 aliphatic heterocycles. The number of rotatable bonds is 8. The van der Waals surface area contributed by atoms with E-state index in [1.807, 2.05) is 66.7 Å². The van der Waals surface area contributed by atoms with E-state index in [0.29, 0.717) is 41.5 Å². The van der Waals surface area contributed by atoms with Crippen LogP contribution in [0.25, 0.3) is 27.6 Å². The van der Waals surface area contributed by atoms with E-state index in [1.165, 1.54) is 5.56 Å². The second-order valence-corrected chi connectivity index (χ2v) is 8.59. The average molecular weight is 477 g/mol. The highest BCUT2D eigenvalue weighted by atomic mass is 16.5. The van der Waals surface area contributed by atoms with Crippen LogP contribution in [0.15, 0.2) is 89.7 Å². The van der Waals surface area contributed by atoms with Gasteiger partial charge in [-0.25, -0.2) is 9.38 Å². The number of fused-ring (bicyclic) bond motifs is 4. The number of hydrogen-bond acceptors (Lipinski definition) is 6. The van der Waals surface area contributed by atoms with Crippen molar-refractivity contribution in [3.05, 3.63) is 107 Å². The molecule has 6 aromatic rings. The summed E-state index contributed by atoms with van der Waals surface area (Å²) in [7, 11) is 0. The molecule has 8 heteroatoms. The van der Waals surface area contributed by atoms with Gasteiger partial charge in [0, 0.05) is 23.8 Å². The monoisotopic (exact) mass is 476 g/mol. The maximum absolute atomic E-state index is 13.2. The minimum atomic E-state index is -0.137. The maximum atomic E-state index is 13.2. The molecule has 6 rings (SSSR count). The summed E-state index contributed by atoms with van der Waals surface area (Å²) < 4.78 is 7.34. The normalized spacial score (nSPS) is 11.4. The molecule has 0 radical (unpaired) electrons. The summed E-state index contributed by atoms with van der Waals surface area (Å²) in [4.78, 5) is 22.6. The SMILES string of the molecule is O=c1c2ccccc2nc2nc(Nc3cc(CCCOCc4ccccc4)[nH]n3)c3ccccc3n12. The molecule has 3 aromatic carbocycles. The van der Waals surface area contributed by atoms with Crippen LogP contribution in [0.2, 0.25) is 0 Å². The van der Waals surface area contributed by atoms with Crippen LogP contribution < -0.4 is 10.9 Å². The fraction of sp³-hybridized carbons (Fsp3) is 0.143. The second-order valence-electron chi connectivity index (χ2n) is 8.59. The fourth-order valence-electron chi connectivity index (χ4n) is 4.34. The summed E-state index contributed by atoms with van der Waals surface area (Å²) in [5.74, 6) is 1.59. The molecule has 3 aromatic heterocycles. The Morgan fingerprint density at radius 3 is 2.56 bits per heavy atom. The van der Waals surface area contributed by atoms with Crippen molar-refractivity contribution in [2.45, 2.75) is 19.4 Å². The van der Waals surface area contributed by atoms with Crippen LogP contribution in [-0.2, 0) is 17.8 Å². The zero-order chi connectivity index (χ0) is 24.3. The zero-order valence-corrected chi connectivity index (χ0v) is 19.5. The number of benzene rings is 3. The molecule has 0 aliphatic carbocycles. The van der Waals surface area contributed by atoms with Gasteiger partial charge in [0.2, 0.25) is 5.78 Å². The van der Waals surface area contributed by atoms with Crippen LogP contribution in [0.3, 0.4) is 0 Å². The number of anilines is 2. The Balaban J connectivity index is 1.22. The van der Waals surface area contributed by atoms with Gasteiger partial charge in [-0.15, -0.1) is 0 Å². The molecule has 0 spiro atoms. The van der Waals surface area contributed by atoms with Gasteiger partial charge in [0.25, 0.3) is 5.56 Å². The average Bonchev–Trinajstić information content (AvgIpc) is 3.36. The second kappa shape index (κ2) is 9.59. The molecule has 178 valence electrons. The largest absolute Gasteiger partial charge is 0.377 e. The van der Waals surface area contributed by atoms with Crippen molar-refractivity contribution in [3.8, 4) is 0 Å². The summed E-state index contributed by atoms with van der Waals surface area (Å²) in [6, 6.07) is 27.1. The topological polar surface area (TPSA) is 97.2 Å². The van der Waals surface area contributed by atoms with Crippen molar-refractivity contribution in [2.75, 3.05) is 11.9 Å². The van der Waals surface area contributed by atoms with Gasteiger partial charge < -0.3 is 10.1 Å². The van der Waals surface area contributed by atoms with Crippen LogP contribution >= 0.6 is 0 Å². The van der Waals surface area contributed by atoms with Crippen LogP contribution in [0, 0.1) is 0 Å². The van der Waals surface area contributed by atoms with Crippen LogP contribution in [0.1, 0.15) is 17.7 Å². The van der Waals surface area contributed by atoms with Gasteiger partial charge >= 0.3 is 0 Å².